The number of aromatic nitrogens is 1. The number of thiazole rings is 1. The Morgan fingerprint density at radius 2 is 1.87 bits per heavy atom. The minimum atomic E-state index is -5.21. The van der Waals surface area contributed by atoms with Crippen LogP contribution < -0.4 is 15.4 Å². The van der Waals surface area contributed by atoms with Gasteiger partial charge in [0.2, 0.25) is 0 Å². The van der Waals surface area contributed by atoms with Gasteiger partial charge in [-0.05, 0) is 37.8 Å². The predicted molar refractivity (Wildman–Crippen MR) is 103 cm³/mol. The number of hydrogen-bond acceptors (Lipinski definition) is 7. The molecule has 1 atom stereocenters. The molecule has 0 unspecified atom stereocenters. The summed E-state index contributed by atoms with van der Waals surface area (Å²) < 4.78 is 51.8. The summed E-state index contributed by atoms with van der Waals surface area (Å²) in [4.78, 5) is 29.6. The standard InChI is InChI=1S/C19H20F3N3O4S/c1-28-16(27)18(19(20,21)22,24-15(26)11-29-12-7-3-2-4-8-12)25-17-23-13-9-5-6-10-14(13)30-17/h2-4,7-8H,5-6,9-11H2,1H3,(H,23,25)(H,24,26)/t18-/m1/s1. The van der Waals surface area contributed by atoms with Crippen LogP contribution in [-0.2, 0) is 27.2 Å². The third-order valence-electron chi connectivity index (χ3n) is 4.50. The van der Waals surface area contributed by atoms with Crippen LogP contribution in [0.3, 0.4) is 0 Å². The lowest BCUT2D eigenvalue weighted by atomic mass is 10.0. The maximum Gasteiger partial charge on any atom is 0.442 e. The number of anilines is 1. The molecule has 2 N–H and O–H groups in total. The van der Waals surface area contributed by atoms with Crippen molar-refractivity contribution in [1.29, 1.82) is 0 Å². The maximum atomic E-state index is 14.1. The van der Waals surface area contributed by atoms with E-state index in [9.17, 15) is 22.8 Å². The van der Waals surface area contributed by atoms with Gasteiger partial charge in [0.05, 0.1) is 12.8 Å². The molecule has 1 aliphatic carbocycles. The molecule has 0 aliphatic heterocycles. The molecule has 1 aliphatic rings. The lowest BCUT2D eigenvalue weighted by molar-refractivity contribution is -0.206. The van der Waals surface area contributed by atoms with E-state index in [1.807, 2.05) is 0 Å². The van der Waals surface area contributed by atoms with Crippen LogP contribution in [0.4, 0.5) is 18.3 Å². The number of rotatable bonds is 7. The van der Waals surface area contributed by atoms with Gasteiger partial charge >= 0.3 is 17.8 Å². The van der Waals surface area contributed by atoms with Crippen LogP contribution in [0.5, 0.6) is 5.75 Å². The Balaban J connectivity index is 1.84. The largest absolute Gasteiger partial charge is 0.484 e. The number of methoxy groups -OCH3 is 1. The molecule has 0 saturated heterocycles. The Bertz CT molecular complexity index is 881. The summed E-state index contributed by atoms with van der Waals surface area (Å²) in [7, 11) is 0.810. The number of carbonyl (C=O) groups is 2. The van der Waals surface area contributed by atoms with Gasteiger partial charge < -0.3 is 20.1 Å². The Kier molecular flexibility index (Phi) is 6.49. The van der Waals surface area contributed by atoms with Crippen LogP contribution in [-0.4, -0.2) is 42.4 Å². The van der Waals surface area contributed by atoms with Gasteiger partial charge in [-0.15, -0.1) is 11.3 Å². The van der Waals surface area contributed by atoms with Crippen molar-refractivity contribution in [2.24, 2.45) is 0 Å². The molecule has 1 aromatic heterocycles. The Morgan fingerprint density at radius 3 is 2.50 bits per heavy atom. The summed E-state index contributed by atoms with van der Waals surface area (Å²) in [6.07, 6.45) is -2.03. The van der Waals surface area contributed by atoms with Crippen molar-refractivity contribution in [1.82, 2.24) is 10.3 Å². The van der Waals surface area contributed by atoms with Gasteiger partial charge in [-0.1, -0.05) is 18.2 Å². The Hall–Kier alpha value is -2.82. The highest BCUT2D eigenvalue weighted by atomic mass is 32.1. The van der Waals surface area contributed by atoms with E-state index in [0.29, 0.717) is 24.3 Å². The van der Waals surface area contributed by atoms with Gasteiger partial charge in [0.15, 0.2) is 11.7 Å². The summed E-state index contributed by atoms with van der Waals surface area (Å²) in [5, 5.41) is 3.69. The number of alkyl halides is 3. The van der Waals surface area contributed by atoms with E-state index in [-0.39, 0.29) is 5.13 Å². The SMILES string of the molecule is COC(=O)[C@@](NC(=O)COc1ccccc1)(Nc1nc2c(s1)CCCC2)C(F)(F)F. The Morgan fingerprint density at radius 1 is 1.17 bits per heavy atom. The van der Waals surface area contributed by atoms with Crippen LogP contribution in [0.2, 0.25) is 0 Å². The molecule has 0 saturated carbocycles. The number of esters is 1. The summed E-state index contributed by atoms with van der Waals surface area (Å²) >= 11 is 1.03. The molecule has 1 amide bonds. The van der Waals surface area contributed by atoms with Crippen molar-refractivity contribution >= 4 is 28.3 Å². The first-order valence-corrected chi connectivity index (χ1v) is 9.97. The van der Waals surface area contributed by atoms with E-state index in [1.54, 1.807) is 35.6 Å². The van der Waals surface area contributed by atoms with E-state index in [0.717, 1.165) is 36.2 Å². The smallest absolute Gasteiger partial charge is 0.442 e. The second-order valence-corrected chi connectivity index (χ2v) is 7.69. The van der Waals surface area contributed by atoms with E-state index in [1.165, 1.54) is 0 Å². The summed E-state index contributed by atoms with van der Waals surface area (Å²) in [5.74, 6) is -2.57. The number of ether oxygens (including phenoxy) is 2. The van der Waals surface area contributed by atoms with E-state index in [4.69, 9.17) is 4.74 Å². The molecule has 1 aromatic carbocycles. The molecular weight excluding hydrogens is 423 g/mol. The van der Waals surface area contributed by atoms with Crippen molar-refractivity contribution in [3.63, 3.8) is 0 Å². The average Bonchev–Trinajstić information content (AvgIpc) is 3.13. The first-order chi connectivity index (χ1) is 14.2. The molecule has 11 heteroatoms. The normalized spacial score (nSPS) is 15.5. The number of amides is 1. The van der Waals surface area contributed by atoms with E-state index < -0.39 is 30.3 Å². The lowest BCUT2D eigenvalue weighted by Gasteiger charge is -2.34. The van der Waals surface area contributed by atoms with Gasteiger partial charge in [0.25, 0.3) is 5.91 Å². The number of fused-ring (bicyclic) bond motifs is 1. The average molecular weight is 443 g/mol. The van der Waals surface area contributed by atoms with Gasteiger partial charge in [0.1, 0.15) is 5.75 Å². The fourth-order valence-corrected chi connectivity index (χ4v) is 4.13. The second kappa shape index (κ2) is 8.90. The predicted octanol–water partition coefficient (Wildman–Crippen LogP) is 3.06. The second-order valence-electron chi connectivity index (χ2n) is 6.61. The molecule has 162 valence electrons. The first-order valence-electron chi connectivity index (χ1n) is 9.16. The minimum absolute atomic E-state index is 0.117. The topological polar surface area (TPSA) is 89.5 Å². The zero-order chi connectivity index (χ0) is 21.8. The highest BCUT2D eigenvalue weighted by molar-refractivity contribution is 7.15. The van der Waals surface area contributed by atoms with Crippen molar-refractivity contribution < 1.29 is 32.2 Å². The maximum absolute atomic E-state index is 14.1. The third-order valence-corrected chi connectivity index (χ3v) is 5.57. The van der Waals surface area contributed by atoms with Gasteiger partial charge in [-0.2, -0.15) is 13.2 Å². The van der Waals surface area contributed by atoms with Crippen molar-refractivity contribution in [3.05, 3.63) is 40.9 Å². The highest BCUT2D eigenvalue weighted by Crippen LogP contribution is 2.36. The number of carbonyl (C=O) groups excluding carboxylic acids is 2. The minimum Gasteiger partial charge on any atom is -0.484 e. The fourth-order valence-electron chi connectivity index (χ4n) is 3.02. The number of nitrogens with zero attached hydrogens (tertiary/aromatic N) is 1. The van der Waals surface area contributed by atoms with Crippen LogP contribution in [0.1, 0.15) is 23.4 Å². The zero-order valence-electron chi connectivity index (χ0n) is 16.0. The number of aryl methyl sites for hydroxylation is 2. The van der Waals surface area contributed by atoms with Crippen molar-refractivity contribution in [3.8, 4) is 5.75 Å². The Labute approximate surface area is 174 Å². The summed E-state index contributed by atoms with van der Waals surface area (Å²) in [5.41, 5.74) is -2.80. The van der Waals surface area contributed by atoms with Gasteiger partial charge in [0, 0.05) is 4.88 Å². The van der Waals surface area contributed by atoms with Crippen LogP contribution in [0.15, 0.2) is 30.3 Å². The number of hydrogen-bond donors (Lipinski definition) is 2. The molecule has 3 rings (SSSR count). The molecular formula is C19H20F3N3O4S. The molecule has 0 spiro atoms. The molecule has 0 fully saturated rings. The molecule has 7 nitrogen and oxygen atoms in total. The molecule has 2 aromatic rings. The van der Waals surface area contributed by atoms with Crippen LogP contribution in [0, 0.1) is 0 Å². The monoisotopic (exact) mass is 443 g/mol. The summed E-state index contributed by atoms with van der Waals surface area (Å²) in [6, 6.07) is 8.10. The first kappa shape index (κ1) is 21.9. The van der Waals surface area contributed by atoms with Crippen molar-refractivity contribution in [2.45, 2.75) is 37.5 Å². The molecule has 0 radical (unpaired) electrons. The number of nitrogens with one attached hydrogen (secondary N) is 2. The van der Waals surface area contributed by atoms with Crippen molar-refractivity contribution in [2.75, 3.05) is 19.0 Å². The quantitative estimate of drug-likeness (QED) is 0.505. The molecule has 30 heavy (non-hydrogen) atoms. The van der Waals surface area contributed by atoms with Crippen LogP contribution >= 0.6 is 11.3 Å². The van der Waals surface area contributed by atoms with Gasteiger partial charge in [-0.25, -0.2) is 9.78 Å². The highest BCUT2D eigenvalue weighted by Gasteiger charge is 2.64. The summed E-state index contributed by atoms with van der Waals surface area (Å²) in [6.45, 7) is -0.727. The lowest BCUT2D eigenvalue weighted by Crippen LogP contribution is -2.69. The molecule has 0 bridgehead atoms. The van der Waals surface area contributed by atoms with Gasteiger partial charge in [-0.3, -0.25) is 4.79 Å². The molecule has 1 heterocycles. The number of benzene rings is 1. The zero-order valence-corrected chi connectivity index (χ0v) is 16.9. The number of halogens is 3. The van der Waals surface area contributed by atoms with E-state index >= 15 is 0 Å². The number of para-hydroxylation sites is 1. The van der Waals surface area contributed by atoms with Crippen LogP contribution in [0.25, 0.3) is 0 Å². The van der Waals surface area contributed by atoms with E-state index in [2.05, 4.69) is 15.0 Å². The fraction of sp³-hybridized carbons (Fsp3) is 0.421. The third kappa shape index (κ3) is 4.66.